The Morgan fingerprint density at radius 2 is 2.00 bits per heavy atom. The van der Waals surface area contributed by atoms with Crippen LogP contribution in [0.5, 0.6) is 0 Å². The zero-order valence-corrected chi connectivity index (χ0v) is 15.3. The van der Waals surface area contributed by atoms with Gasteiger partial charge < -0.3 is 20.1 Å². The fourth-order valence-electron chi connectivity index (χ4n) is 3.01. The number of rotatable bonds is 8. The molecule has 3 N–H and O–H groups in total. The molecule has 5 heteroatoms. The molecule has 5 nitrogen and oxygen atoms in total. The number of aliphatic hydroxyl groups is 1. The van der Waals surface area contributed by atoms with Crippen molar-refractivity contribution >= 4 is 22.9 Å². The Labute approximate surface area is 158 Å². The fourth-order valence-corrected chi connectivity index (χ4v) is 3.01. The van der Waals surface area contributed by atoms with Gasteiger partial charge in [-0.25, -0.2) is 4.79 Å². The molecule has 1 aromatic heterocycles. The summed E-state index contributed by atoms with van der Waals surface area (Å²) >= 11 is 0. The van der Waals surface area contributed by atoms with Gasteiger partial charge in [0.25, 0.3) is 0 Å². The van der Waals surface area contributed by atoms with Gasteiger partial charge in [0.15, 0.2) is 0 Å². The van der Waals surface area contributed by atoms with Gasteiger partial charge in [-0.2, -0.15) is 0 Å². The van der Waals surface area contributed by atoms with E-state index >= 15 is 0 Å². The summed E-state index contributed by atoms with van der Waals surface area (Å²) in [7, 11) is 1.36. The molecule has 0 fully saturated rings. The summed E-state index contributed by atoms with van der Waals surface area (Å²) in [6, 6.07) is 16.1. The maximum absolute atomic E-state index is 11.1. The molecular weight excluding hydrogens is 340 g/mol. The molecule has 0 bridgehead atoms. The summed E-state index contributed by atoms with van der Waals surface area (Å²) < 4.78 is 4.58. The van der Waals surface area contributed by atoms with E-state index in [1.807, 2.05) is 42.6 Å². The first-order valence-electron chi connectivity index (χ1n) is 8.94. The Morgan fingerprint density at radius 1 is 1.22 bits per heavy atom. The van der Waals surface area contributed by atoms with Crippen LogP contribution >= 0.6 is 0 Å². The molecule has 27 heavy (non-hydrogen) atoms. The average Bonchev–Trinajstić information content (AvgIpc) is 3.13. The number of aromatic amines is 1. The summed E-state index contributed by atoms with van der Waals surface area (Å²) in [5, 5.41) is 14.3. The van der Waals surface area contributed by atoms with Crippen LogP contribution in [0.25, 0.3) is 17.0 Å². The van der Waals surface area contributed by atoms with E-state index in [1.165, 1.54) is 24.1 Å². The van der Waals surface area contributed by atoms with Crippen molar-refractivity contribution in [2.45, 2.75) is 19.0 Å². The number of methoxy groups -OCH3 is 1. The van der Waals surface area contributed by atoms with Gasteiger partial charge in [-0.1, -0.05) is 42.5 Å². The molecule has 0 unspecified atom stereocenters. The van der Waals surface area contributed by atoms with E-state index in [9.17, 15) is 9.90 Å². The smallest absolute Gasteiger partial charge is 0.330 e. The van der Waals surface area contributed by atoms with Crippen molar-refractivity contribution in [3.63, 3.8) is 0 Å². The lowest BCUT2D eigenvalue weighted by molar-refractivity contribution is -0.134. The third kappa shape index (κ3) is 5.06. The zero-order valence-electron chi connectivity index (χ0n) is 15.3. The fraction of sp³-hybridized carbons (Fsp3) is 0.227. The van der Waals surface area contributed by atoms with Crippen LogP contribution in [-0.4, -0.2) is 35.8 Å². The van der Waals surface area contributed by atoms with Crippen LogP contribution in [0.1, 0.15) is 16.7 Å². The molecule has 0 saturated carbocycles. The topological polar surface area (TPSA) is 74.3 Å². The minimum absolute atomic E-state index is 0.0249. The van der Waals surface area contributed by atoms with Crippen molar-refractivity contribution < 1.29 is 14.6 Å². The standard InChI is InChI=1S/C22H24N2O3/c1-27-22(26)11-10-16-6-8-17(9-7-16)13-23-19(15-25)12-18-14-24-21-5-3-2-4-20(18)21/h2-11,14,19,23-25H,12-13,15H2,1H3/b11-10+/t19-/m0/s1. The number of esters is 1. The average molecular weight is 364 g/mol. The molecule has 0 aliphatic rings. The van der Waals surface area contributed by atoms with Gasteiger partial charge in [-0.3, -0.25) is 0 Å². The molecule has 0 amide bonds. The third-order valence-corrected chi connectivity index (χ3v) is 4.55. The molecule has 3 aromatic rings. The van der Waals surface area contributed by atoms with Crippen molar-refractivity contribution in [1.82, 2.24) is 10.3 Å². The molecule has 0 spiro atoms. The van der Waals surface area contributed by atoms with E-state index in [0.29, 0.717) is 6.54 Å². The number of hydrogen-bond donors (Lipinski definition) is 3. The van der Waals surface area contributed by atoms with Crippen LogP contribution < -0.4 is 5.32 Å². The van der Waals surface area contributed by atoms with Crippen LogP contribution in [-0.2, 0) is 22.5 Å². The molecule has 1 atom stereocenters. The summed E-state index contributed by atoms with van der Waals surface area (Å²) in [5.74, 6) is -0.371. The Balaban J connectivity index is 1.57. The Morgan fingerprint density at radius 3 is 2.74 bits per heavy atom. The molecule has 0 radical (unpaired) electrons. The summed E-state index contributed by atoms with van der Waals surface area (Å²) in [6.07, 6.45) is 5.88. The largest absolute Gasteiger partial charge is 0.466 e. The SMILES string of the molecule is COC(=O)/C=C/c1ccc(CN[C@H](CO)Cc2c[nH]c3ccccc23)cc1. The molecule has 2 aromatic carbocycles. The van der Waals surface area contributed by atoms with E-state index in [2.05, 4.69) is 27.2 Å². The number of ether oxygens (including phenoxy) is 1. The number of fused-ring (bicyclic) bond motifs is 1. The second-order valence-electron chi connectivity index (χ2n) is 6.42. The highest BCUT2D eigenvalue weighted by Gasteiger charge is 2.11. The van der Waals surface area contributed by atoms with Crippen molar-refractivity contribution in [3.05, 3.63) is 77.5 Å². The van der Waals surface area contributed by atoms with Gasteiger partial charge in [0.1, 0.15) is 0 Å². The molecule has 3 rings (SSSR count). The summed E-state index contributed by atoms with van der Waals surface area (Å²) in [6.45, 7) is 0.730. The van der Waals surface area contributed by atoms with Gasteiger partial charge in [-0.15, -0.1) is 0 Å². The number of H-pyrrole nitrogens is 1. The lowest BCUT2D eigenvalue weighted by atomic mass is 10.0. The maximum atomic E-state index is 11.1. The number of hydrogen-bond acceptors (Lipinski definition) is 4. The van der Waals surface area contributed by atoms with E-state index < -0.39 is 0 Å². The minimum Gasteiger partial charge on any atom is -0.466 e. The van der Waals surface area contributed by atoms with Crippen molar-refractivity contribution in [2.75, 3.05) is 13.7 Å². The minimum atomic E-state index is -0.371. The molecular formula is C22H24N2O3. The maximum Gasteiger partial charge on any atom is 0.330 e. The van der Waals surface area contributed by atoms with E-state index in [-0.39, 0.29) is 18.6 Å². The number of carbonyl (C=O) groups is 1. The Bertz CT molecular complexity index is 913. The second kappa shape index (κ2) is 9.16. The van der Waals surface area contributed by atoms with Gasteiger partial charge >= 0.3 is 5.97 Å². The number of aromatic nitrogens is 1. The monoisotopic (exact) mass is 364 g/mol. The van der Waals surface area contributed by atoms with Gasteiger partial charge in [0.2, 0.25) is 0 Å². The van der Waals surface area contributed by atoms with Crippen molar-refractivity contribution in [1.29, 1.82) is 0 Å². The predicted octanol–water partition coefficient (Wildman–Crippen LogP) is 3.05. The molecule has 1 heterocycles. The van der Waals surface area contributed by atoms with Crippen molar-refractivity contribution in [2.24, 2.45) is 0 Å². The van der Waals surface area contributed by atoms with Crippen LogP contribution in [0.2, 0.25) is 0 Å². The van der Waals surface area contributed by atoms with Crippen LogP contribution in [0.4, 0.5) is 0 Å². The molecule has 0 aliphatic heterocycles. The highest BCUT2D eigenvalue weighted by Crippen LogP contribution is 2.19. The van der Waals surface area contributed by atoms with E-state index in [0.717, 1.165) is 23.1 Å². The van der Waals surface area contributed by atoms with Gasteiger partial charge in [-0.05, 0) is 35.3 Å². The van der Waals surface area contributed by atoms with Gasteiger partial charge in [0, 0.05) is 35.8 Å². The van der Waals surface area contributed by atoms with Crippen LogP contribution in [0.15, 0.2) is 60.8 Å². The lowest BCUT2D eigenvalue weighted by Gasteiger charge is -2.16. The first-order chi connectivity index (χ1) is 13.2. The molecule has 140 valence electrons. The quantitative estimate of drug-likeness (QED) is 0.424. The first-order valence-corrected chi connectivity index (χ1v) is 8.94. The van der Waals surface area contributed by atoms with Crippen molar-refractivity contribution in [3.8, 4) is 0 Å². The van der Waals surface area contributed by atoms with Crippen LogP contribution in [0, 0.1) is 0 Å². The zero-order chi connectivity index (χ0) is 19.1. The number of para-hydroxylation sites is 1. The lowest BCUT2D eigenvalue weighted by Crippen LogP contribution is -2.33. The highest BCUT2D eigenvalue weighted by atomic mass is 16.5. The number of aliphatic hydroxyl groups excluding tert-OH is 1. The number of benzene rings is 2. The molecule has 0 saturated heterocycles. The van der Waals surface area contributed by atoms with Gasteiger partial charge in [0.05, 0.1) is 13.7 Å². The number of carbonyl (C=O) groups excluding carboxylic acids is 1. The van der Waals surface area contributed by atoms with E-state index in [1.54, 1.807) is 6.08 Å². The first kappa shape index (κ1) is 18.9. The molecule has 0 aliphatic carbocycles. The van der Waals surface area contributed by atoms with Crippen LogP contribution in [0.3, 0.4) is 0 Å². The third-order valence-electron chi connectivity index (χ3n) is 4.55. The highest BCUT2D eigenvalue weighted by molar-refractivity contribution is 5.86. The van der Waals surface area contributed by atoms with E-state index in [4.69, 9.17) is 0 Å². The summed E-state index contributed by atoms with van der Waals surface area (Å²) in [4.78, 5) is 14.4. The normalized spacial score (nSPS) is 12.5. The Kier molecular flexibility index (Phi) is 6.41. The summed E-state index contributed by atoms with van der Waals surface area (Å²) in [5.41, 5.74) is 4.35. The predicted molar refractivity (Wildman–Crippen MR) is 107 cm³/mol. The Hall–Kier alpha value is -2.89. The second-order valence-corrected chi connectivity index (χ2v) is 6.42. The number of nitrogens with one attached hydrogen (secondary N) is 2.